The van der Waals surface area contributed by atoms with Gasteiger partial charge in [0.05, 0.1) is 11.1 Å². The Hall–Kier alpha value is -0.0200. The second-order valence-corrected chi connectivity index (χ2v) is 6.00. The average molecular weight is 378 g/mol. The largest absolute Gasteiger partial charge is 0.492 e. The van der Waals surface area contributed by atoms with Gasteiger partial charge in [0, 0.05) is 10.9 Å². The molecule has 0 saturated carbocycles. The van der Waals surface area contributed by atoms with Crippen LogP contribution in [0, 0.1) is 5.92 Å². The van der Waals surface area contributed by atoms with Gasteiger partial charge in [-0.25, -0.2) is 0 Å². The van der Waals surface area contributed by atoms with Crippen molar-refractivity contribution in [2.75, 3.05) is 6.61 Å². The third-order valence-electron chi connectivity index (χ3n) is 3.20. The maximum absolute atomic E-state index is 6.03. The summed E-state index contributed by atoms with van der Waals surface area (Å²) in [6.45, 7) is 5.30. The molecule has 0 aliphatic carbocycles. The molecule has 0 aromatic heterocycles. The number of alkyl halides is 1. The minimum Gasteiger partial charge on any atom is -0.492 e. The number of halogens is 2. The molecule has 1 unspecified atom stereocenters. The van der Waals surface area contributed by atoms with Gasteiger partial charge in [0.2, 0.25) is 0 Å². The standard InChI is InChI=1S/C15H22Br2O/c1-3-5-7-12(4-2)11-18-15-13(10-16)8-6-9-14(15)17/h6,8-9,12H,3-5,7,10-11H2,1-2H3. The van der Waals surface area contributed by atoms with Gasteiger partial charge in [-0.3, -0.25) is 0 Å². The Morgan fingerprint density at radius 1 is 1.28 bits per heavy atom. The number of benzene rings is 1. The lowest BCUT2D eigenvalue weighted by molar-refractivity contribution is 0.231. The van der Waals surface area contributed by atoms with Crippen LogP contribution in [0.4, 0.5) is 0 Å². The third kappa shape index (κ3) is 4.93. The molecular weight excluding hydrogens is 356 g/mol. The minimum atomic E-state index is 0.667. The van der Waals surface area contributed by atoms with Crippen LogP contribution in [0.15, 0.2) is 22.7 Å². The maximum atomic E-state index is 6.03. The molecule has 1 rings (SSSR count). The van der Waals surface area contributed by atoms with Crippen LogP contribution in [-0.4, -0.2) is 6.61 Å². The lowest BCUT2D eigenvalue weighted by atomic mass is 10.0. The Bertz CT molecular complexity index is 352. The van der Waals surface area contributed by atoms with E-state index >= 15 is 0 Å². The van der Waals surface area contributed by atoms with Crippen molar-refractivity contribution in [3.8, 4) is 5.75 Å². The van der Waals surface area contributed by atoms with Crippen molar-refractivity contribution in [2.45, 2.75) is 44.9 Å². The molecule has 0 aliphatic heterocycles. The third-order valence-corrected chi connectivity index (χ3v) is 4.43. The van der Waals surface area contributed by atoms with Crippen molar-refractivity contribution in [3.05, 3.63) is 28.2 Å². The summed E-state index contributed by atoms with van der Waals surface area (Å²) in [5.41, 5.74) is 1.20. The SMILES string of the molecule is CCCCC(CC)COc1c(Br)cccc1CBr. The number of para-hydroxylation sites is 1. The van der Waals surface area contributed by atoms with Gasteiger partial charge < -0.3 is 4.74 Å². The smallest absolute Gasteiger partial charge is 0.137 e. The van der Waals surface area contributed by atoms with Crippen molar-refractivity contribution >= 4 is 31.9 Å². The van der Waals surface area contributed by atoms with Crippen LogP contribution in [0.1, 0.15) is 45.1 Å². The lowest BCUT2D eigenvalue weighted by Crippen LogP contribution is -2.12. The van der Waals surface area contributed by atoms with E-state index in [1.54, 1.807) is 0 Å². The highest BCUT2D eigenvalue weighted by Gasteiger charge is 2.11. The van der Waals surface area contributed by atoms with Gasteiger partial charge in [-0.15, -0.1) is 0 Å². The fourth-order valence-corrected chi connectivity index (χ4v) is 2.88. The molecule has 1 aromatic rings. The van der Waals surface area contributed by atoms with E-state index in [9.17, 15) is 0 Å². The molecule has 1 aromatic carbocycles. The van der Waals surface area contributed by atoms with Crippen LogP contribution >= 0.6 is 31.9 Å². The molecule has 0 radical (unpaired) electrons. The zero-order chi connectivity index (χ0) is 13.4. The molecule has 0 heterocycles. The zero-order valence-electron chi connectivity index (χ0n) is 11.2. The molecule has 0 spiro atoms. The van der Waals surface area contributed by atoms with E-state index in [2.05, 4.69) is 51.8 Å². The van der Waals surface area contributed by atoms with E-state index in [1.165, 1.54) is 31.2 Å². The van der Waals surface area contributed by atoms with Crippen molar-refractivity contribution < 1.29 is 4.74 Å². The predicted molar refractivity (Wildman–Crippen MR) is 85.6 cm³/mol. The normalized spacial score (nSPS) is 12.4. The summed E-state index contributed by atoms with van der Waals surface area (Å²) < 4.78 is 7.08. The lowest BCUT2D eigenvalue weighted by Gasteiger charge is -2.18. The highest BCUT2D eigenvalue weighted by molar-refractivity contribution is 9.10. The monoisotopic (exact) mass is 376 g/mol. The van der Waals surface area contributed by atoms with Crippen molar-refractivity contribution in [2.24, 2.45) is 5.92 Å². The topological polar surface area (TPSA) is 9.23 Å². The van der Waals surface area contributed by atoms with Crippen LogP contribution in [-0.2, 0) is 5.33 Å². The highest BCUT2D eigenvalue weighted by Crippen LogP contribution is 2.31. The minimum absolute atomic E-state index is 0.667. The van der Waals surface area contributed by atoms with Crippen LogP contribution < -0.4 is 4.74 Å². The van der Waals surface area contributed by atoms with E-state index in [4.69, 9.17) is 4.74 Å². The van der Waals surface area contributed by atoms with Crippen LogP contribution in [0.3, 0.4) is 0 Å². The van der Waals surface area contributed by atoms with Gasteiger partial charge in [0.15, 0.2) is 0 Å². The maximum Gasteiger partial charge on any atom is 0.137 e. The molecule has 102 valence electrons. The summed E-state index contributed by atoms with van der Waals surface area (Å²) in [7, 11) is 0. The molecule has 0 amide bonds. The predicted octanol–water partition coefficient (Wildman–Crippen LogP) is 5.94. The van der Waals surface area contributed by atoms with Gasteiger partial charge in [-0.05, 0) is 34.3 Å². The van der Waals surface area contributed by atoms with Crippen LogP contribution in [0.2, 0.25) is 0 Å². The summed E-state index contributed by atoms with van der Waals surface area (Å²) in [6.07, 6.45) is 5.01. The first-order chi connectivity index (χ1) is 8.72. The summed E-state index contributed by atoms with van der Waals surface area (Å²) >= 11 is 7.07. The number of unbranched alkanes of at least 4 members (excludes halogenated alkanes) is 1. The molecule has 3 heteroatoms. The average Bonchev–Trinajstić information content (AvgIpc) is 2.40. The second-order valence-electron chi connectivity index (χ2n) is 4.59. The first-order valence-corrected chi connectivity index (χ1v) is 8.60. The number of hydrogen-bond acceptors (Lipinski definition) is 1. The first kappa shape index (κ1) is 16.0. The Morgan fingerprint density at radius 3 is 2.67 bits per heavy atom. The Labute approximate surface area is 128 Å². The van der Waals surface area contributed by atoms with Crippen LogP contribution in [0.25, 0.3) is 0 Å². The molecular formula is C15H22Br2O. The summed E-state index contributed by atoms with van der Waals surface area (Å²) in [5.74, 6) is 1.66. The fraction of sp³-hybridized carbons (Fsp3) is 0.600. The molecule has 0 aliphatic rings. The van der Waals surface area contributed by atoms with Gasteiger partial charge in [0.25, 0.3) is 0 Å². The summed E-state index contributed by atoms with van der Waals surface area (Å²) in [6, 6.07) is 6.18. The van der Waals surface area contributed by atoms with Gasteiger partial charge >= 0.3 is 0 Å². The van der Waals surface area contributed by atoms with E-state index in [0.29, 0.717) is 5.92 Å². The van der Waals surface area contributed by atoms with E-state index < -0.39 is 0 Å². The molecule has 1 nitrogen and oxygen atoms in total. The van der Waals surface area contributed by atoms with Crippen molar-refractivity contribution in [1.29, 1.82) is 0 Å². The molecule has 18 heavy (non-hydrogen) atoms. The first-order valence-electron chi connectivity index (χ1n) is 6.69. The van der Waals surface area contributed by atoms with Crippen molar-refractivity contribution in [1.82, 2.24) is 0 Å². The van der Waals surface area contributed by atoms with E-state index in [-0.39, 0.29) is 0 Å². The van der Waals surface area contributed by atoms with Crippen LogP contribution in [0.5, 0.6) is 5.75 Å². The Balaban J connectivity index is 2.61. The Morgan fingerprint density at radius 2 is 2.06 bits per heavy atom. The molecule has 0 saturated heterocycles. The zero-order valence-corrected chi connectivity index (χ0v) is 14.4. The molecule has 0 fully saturated rings. The summed E-state index contributed by atoms with van der Waals surface area (Å²) in [5, 5.41) is 0.827. The Kier molecular flexibility index (Phi) is 8.00. The molecule has 1 atom stereocenters. The molecule has 0 bridgehead atoms. The molecule has 0 N–H and O–H groups in total. The number of ether oxygens (including phenoxy) is 1. The highest BCUT2D eigenvalue weighted by atomic mass is 79.9. The fourth-order valence-electron chi connectivity index (χ4n) is 1.92. The van der Waals surface area contributed by atoms with Gasteiger partial charge in [-0.1, -0.05) is 61.2 Å². The van der Waals surface area contributed by atoms with Gasteiger partial charge in [0.1, 0.15) is 5.75 Å². The summed E-state index contributed by atoms with van der Waals surface area (Å²) in [4.78, 5) is 0. The quantitative estimate of drug-likeness (QED) is 0.509. The van der Waals surface area contributed by atoms with E-state index in [0.717, 1.165) is 22.2 Å². The number of hydrogen-bond donors (Lipinski definition) is 0. The van der Waals surface area contributed by atoms with Gasteiger partial charge in [-0.2, -0.15) is 0 Å². The van der Waals surface area contributed by atoms with E-state index in [1.807, 2.05) is 12.1 Å². The van der Waals surface area contributed by atoms with Crippen molar-refractivity contribution in [3.63, 3.8) is 0 Å². The second kappa shape index (κ2) is 8.98. The number of rotatable bonds is 8.